The van der Waals surface area contributed by atoms with Crippen molar-refractivity contribution in [1.82, 2.24) is 5.32 Å². The topological polar surface area (TPSA) is 201 Å². The molecule has 2 bridgehead atoms. The maximum absolute atomic E-state index is 12.5. The average molecular weight is 678 g/mol. The van der Waals surface area contributed by atoms with E-state index >= 15 is 0 Å². The smallest absolute Gasteiger partial charge is 0.306 e. The highest BCUT2D eigenvalue weighted by Crippen LogP contribution is 2.56. The molecule has 7 N–H and O–H groups in total. The van der Waals surface area contributed by atoms with Crippen molar-refractivity contribution in [2.24, 2.45) is 17.8 Å². The van der Waals surface area contributed by atoms with Gasteiger partial charge in [0.1, 0.15) is 24.4 Å². The Morgan fingerprint density at radius 2 is 1.88 bits per heavy atom. The molecular formula is C35H51NO12. The van der Waals surface area contributed by atoms with Gasteiger partial charge < -0.3 is 59.3 Å². The van der Waals surface area contributed by atoms with Crippen molar-refractivity contribution in [3.63, 3.8) is 0 Å². The van der Waals surface area contributed by atoms with Crippen LogP contribution in [-0.4, -0.2) is 112 Å². The Labute approximate surface area is 280 Å². The number of aliphatic hydroxyl groups excluding tert-OH is 4. The molecular weight excluding hydrogens is 626 g/mol. The molecule has 5 rings (SSSR count). The Balaban J connectivity index is 1.53. The van der Waals surface area contributed by atoms with Crippen LogP contribution in [0.5, 0.6) is 11.5 Å². The summed E-state index contributed by atoms with van der Waals surface area (Å²) in [6.45, 7) is 4.41. The molecule has 1 saturated heterocycles. The molecule has 2 aromatic rings. The van der Waals surface area contributed by atoms with E-state index in [-0.39, 0.29) is 44.0 Å². The van der Waals surface area contributed by atoms with E-state index in [1.54, 1.807) is 25.1 Å². The van der Waals surface area contributed by atoms with Crippen LogP contribution in [0.1, 0.15) is 57.9 Å². The Hall–Kier alpha value is -2.75. The summed E-state index contributed by atoms with van der Waals surface area (Å²) in [4.78, 5) is 12.4. The fraction of sp³-hybridized carbons (Fsp3) is 0.686. The van der Waals surface area contributed by atoms with Crippen molar-refractivity contribution in [3.05, 3.63) is 36.1 Å². The molecule has 1 saturated carbocycles. The molecule has 1 aromatic carbocycles. The molecule has 1 aliphatic heterocycles. The molecule has 0 unspecified atom stereocenters. The molecule has 9 atom stereocenters. The third-order valence-corrected chi connectivity index (χ3v) is 10.1. The predicted molar refractivity (Wildman–Crippen MR) is 173 cm³/mol. The maximum Gasteiger partial charge on any atom is 0.306 e. The molecule has 0 amide bonds. The van der Waals surface area contributed by atoms with Gasteiger partial charge in [-0.3, -0.25) is 4.79 Å². The third kappa shape index (κ3) is 6.97. The Morgan fingerprint density at radius 1 is 1.06 bits per heavy atom. The number of carbonyl (C=O) groups is 1. The number of allylic oxidation sites excluding steroid dienone is 1. The van der Waals surface area contributed by atoms with E-state index in [9.17, 15) is 35.4 Å². The summed E-state index contributed by atoms with van der Waals surface area (Å²) in [5, 5.41) is 71.4. The quantitative estimate of drug-likeness (QED) is 0.0724. The number of benzene rings is 1. The number of hydrogen-bond donors (Lipinski definition) is 7. The molecule has 48 heavy (non-hydrogen) atoms. The van der Waals surface area contributed by atoms with E-state index in [2.05, 4.69) is 12.2 Å². The SMILES string of the molecule is CCCCCCNCCOc1c(O[C@@H]2O[C@H](CO)[C@]3(O)C[C@@H]4C=C[C@H](O)[C@H](CO)[C@H]4[C@@]2(O)[C@H]3O)c(CCC(=O)OCC)cc2ccoc12. The van der Waals surface area contributed by atoms with Crippen LogP contribution in [0.2, 0.25) is 0 Å². The van der Waals surface area contributed by atoms with Crippen LogP contribution >= 0.6 is 0 Å². The normalized spacial score (nSPS) is 32.6. The van der Waals surface area contributed by atoms with Crippen LogP contribution < -0.4 is 14.8 Å². The van der Waals surface area contributed by atoms with Crippen molar-refractivity contribution in [1.29, 1.82) is 0 Å². The lowest BCUT2D eigenvalue weighted by Crippen LogP contribution is -2.81. The van der Waals surface area contributed by atoms with Crippen molar-refractivity contribution in [2.45, 2.75) is 94.6 Å². The first kappa shape index (κ1) is 36.5. The van der Waals surface area contributed by atoms with Crippen molar-refractivity contribution in [3.8, 4) is 11.5 Å². The summed E-state index contributed by atoms with van der Waals surface area (Å²) in [6.07, 6.45) is 3.03. The highest BCUT2D eigenvalue weighted by Gasteiger charge is 2.72. The van der Waals surface area contributed by atoms with Crippen LogP contribution in [0, 0.1) is 17.8 Å². The number of esters is 1. The summed E-state index contributed by atoms with van der Waals surface area (Å²) < 4.78 is 29.9. The number of unbranched alkanes of at least 4 members (excludes halogenated alkanes) is 3. The van der Waals surface area contributed by atoms with E-state index in [1.807, 2.05) is 0 Å². The number of nitrogens with one attached hydrogen (secondary N) is 1. The van der Waals surface area contributed by atoms with Gasteiger partial charge in [-0.1, -0.05) is 38.3 Å². The second kappa shape index (κ2) is 15.9. The van der Waals surface area contributed by atoms with E-state index in [1.165, 1.54) is 18.8 Å². The Morgan fingerprint density at radius 3 is 2.60 bits per heavy atom. The van der Waals surface area contributed by atoms with Crippen molar-refractivity contribution < 1.29 is 58.8 Å². The van der Waals surface area contributed by atoms with Gasteiger partial charge >= 0.3 is 5.97 Å². The van der Waals surface area contributed by atoms with Gasteiger partial charge in [0.15, 0.2) is 16.9 Å². The van der Waals surface area contributed by atoms with Crippen LogP contribution in [0.3, 0.4) is 0 Å². The molecule has 3 aliphatic rings. The van der Waals surface area contributed by atoms with Gasteiger partial charge in [0.2, 0.25) is 12.0 Å². The zero-order valence-corrected chi connectivity index (χ0v) is 27.8. The number of hydrogen-bond acceptors (Lipinski definition) is 13. The lowest BCUT2D eigenvalue weighted by atomic mass is 9.53. The summed E-state index contributed by atoms with van der Waals surface area (Å²) in [7, 11) is 0. The maximum atomic E-state index is 12.5. The van der Waals surface area contributed by atoms with Crippen molar-refractivity contribution in [2.75, 3.05) is 39.5 Å². The number of rotatable bonds is 17. The number of carbonyl (C=O) groups excluding carboxylic acids is 1. The zero-order chi connectivity index (χ0) is 34.5. The van der Waals surface area contributed by atoms with E-state index < -0.39 is 72.7 Å². The summed E-state index contributed by atoms with van der Waals surface area (Å²) >= 11 is 0. The highest BCUT2D eigenvalue weighted by molar-refractivity contribution is 5.87. The minimum Gasteiger partial charge on any atom is -0.485 e. The summed E-state index contributed by atoms with van der Waals surface area (Å²) in [5.41, 5.74) is -3.61. The zero-order valence-electron chi connectivity index (χ0n) is 27.8. The summed E-state index contributed by atoms with van der Waals surface area (Å²) in [6, 6.07) is 3.51. The second-order valence-electron chi connectivity index (χ2n) is 13.2. The van der Waals surface area contributed by atoms with Gasteiger partial charge in [-0.05, 0) is 56.3 Å². The number of fused-ring (bicyclic) bond motifs is 5. The standard InChI is InChI=1S/C35H51NO12/c1-3-5-6-7-13-36-14-16-46-31-29-22(12-15-45-29)17-21(9-11-27(40)44-4-2)30(31)48-33-35(43)28-23(8-10-25(39)24(28)19-37)18-34(42,32(35)41)26(20-38)47-33/h8,10,12,15,17,23-26,28,32-33,36-39,41-43H,3-7,9,11,13-14,16,18-20H2,1-2H3/t23-,24-,25-,26+,28-,32-,33-,34+,35+/m0/s1. The van der Waals surface area contributed by atoms with Gasteiger partial charge in [0.25, 0.3) is 0 Å². The van der Waals surface area contributed by atoms with Gasteiger partial charge in [-0.2, -0.15) is 0 Å². The molecule has 268 valence electrons. The van der Waals surface area contributed by atoms with E-state index in [0.29, 0.717) is 23.1 Å². The second-order valence-corrected chi connectivity index (χ2v) is 13.2. The van der Waals surface area contributed by atoms with Gasteiger partial charge in [-0.15, -0.1) is 0 Å². The van der Waals surface area contributed by atoms with Gasteiger partial charge in [0, 0.05) is 36.8 Å². The third-order valence-electron chi connectivity index (χ3n) is 10.1. The molecule has 0 spiro atoms. The van der Waals surface area contributed by atoms with E-state index in [0.717, 1.165) is 25.8 Å². The minimum atomic E-state index is -2.38. The molecule has 2 fully saturated rings. The van der Waals surface area contributed by atoms with Gasteiger partial charge in [-0.25, -0.2) is 0 Å². The van der Waals surface area contributed by atoms with Crippen LogP contribution in [-0.2, 0) is 20.7 Å². The monoisotopic (exact) mass is 677 g/mol. The molecule has 13 heteroatoms. The fourth-order valence-electron chi connectivity index (χ4n) is 7.69. The average Bonchev–Trinajstić information content (AvgIpc) is 3.54. The first-order chi connectivity index (χ1) is 23.1. The molecule has 2 aliphatic carbocycles. The molecule has 2 heterocycles. The fourth-order valence-corrected chi connectivity index (χ4v) is 7.69. The summed E-state index contributed by atoms with van der Waals surface area (Å²) in [5.74, 6) is -2.72. The Kier molecular flexibility index (Phi) is 12.1. The largest absolute Gasteiger partial charge is 0.485 e. The first-order valence-corrected chi connectivity index (χ1v) is 17.2. The number of furan rings is 1. The first-order valence-electron chi connectivity index (χ1n) is 17.2. The van der Waals surface area contributed by atoms with Crippen LogP contribution in [0.25, 0.3) is 11.0 Å². The van der Waals surface area contributed by atoms with Crippen LogP contribution in [0.15, 0.2) is 35.0 Å². The van der Waals surface area contributed by atoms with Crippen LogP contribution in [0.4, 0.5) is 0 Å². The number of aliphatic hydroxyl groups is 6. The number of ether oxygens (including phenoxy) is 4. The highest BCUT2D eigenvalue weighted by atomic mass is 16.7. The minimum absolute atomic E-state index is 0.00197. The number of aryl methyl sites for hydroxylation is 1. The lowest BCUT2D eigenvalue weighted by Gasteiger charge is -2.63. The molecule has 1 aromatic heterocycles. The van der Waals surface area contributed by atoms with Crippen molar-refractivity contribution >= 4 is 16.9 Å². The molecule has 0 radical (unpaired) electrons. The van der Waals surface area contributed by atoms with E-state index in [4.69, 9.17) is 23.4 Å². The predicted octanol–water partition coefficient (Wildman–Crippen LogP) is 1.57. The molecule has 13 nitrogen and oxygen atoms in total. The Bertz CT molecular complexity index is 1400. The van der Waals surface area contributed by atoms with Gasteiger partial charge in [0.05, 0.1) is 25.6 Å². The lowest BCUT2D eigenvalue weighted by molar-refractivity contribution is -0.391.